The molecule has 1 aromatic carbocycles. The van der Waals surface area contributed by atoms with Gasteiger partial charge in [-0.25, -0.2) is 0 Å². The van der Waals surface area contributed by atoms with Crippen LogP contribution < -0.4 is 0 Å². The summed E-state index contributed by atoms with van der Waals surface area (Å²) >= 11 is 12.8. The summed E-state index contributed by atoms with van der Waals surface area (Å²) in [5.41, 5.74) is 2.43. The van der Waals surface area contributed by atoms with Gasteiger partial charge in [-0.2, -0.15) is 0 Å². The largest absolute Gasteiger partial charge is 0.373 e. The Morgan fingerprint density at radius 3 is 2.65 bits per heavy atom. The predicted molar refractivity (Wildman–Crippen MR) is 107 cm³/mol. The van der Waals surface area contributed by atoms with Gasteiger partial charge in [-0.05, 0) is 37.3 Å². The van der Waals surface area contributed by atoms with Crippen LogP contribution in [-0.4, -0.2) is 11.3 Å². The zero-order chi connectivity index (χ0) is 18.5. The minimum atomic E-state index is 0.313. The monoisotopic (exact) mass is 395 g/mol. The Balaban J connectivity index is 1.84. The van der Waals surface area contributed by atoms with E-state index in [-0.39, 0.29) is 0 Å². The number of rotatable bonds is 7. The number of nitrogens with zero attached hydrogens (tertiary/aromatic N) is 1. The molecule has 0 bridgehead atoms. The number of halogens is 2. The lowest BCUT2D eigenvalue weighted by molar-refractivity contribution is 0.00139. The topological polar surface area (TPSA) is 35.3 Å². The van der Waals surface area contributed by atoms with Crippen LogP contribution in [0.1, 0.15) is 63.7 Å². The van der Waals surface area contributed by atoms with Gasteiger partial charge >= 0.3 is 0 Å². The predicted octanol–water partition coefficient (Wildman–Crippen LogP) is 7.09. The lowest BCUT2D eigenvalue weighted by atomic mass is 9.85. The van der Waals surface area contributed by atoms with Crippen molar-refractivity contribution >= 4 is 23.2 Å². The Morgan fingerprint density at radius 1 is 1.19 bits per heavy atom. The van der Waals surface area contributed by atoms with Gasteiger partial charge in [0.2, 0.25) is 0 Å². The molecule has 1 heterocycles. The fraction of sp³-hybridized carbons (Fsp3) is 0.571. The maximum absolute atomic E-state index is 6.40. The molecule has 2 atom stereocenters. The molecule has 1 aliphatic rings. The van der Waals surface area contributed by atoms with Gasteiger partial charge in [0.05, 0.1) is 22.8 Å². The van der Waals surface area contributed by atoms with Crippen LogP contribution in [0, 0.1) is 5.92 Å². The minimum absolute atomic E-state index is 0.313. The van der Waals surface area contributed by atoms with Crippen molar-refractivity contribution in [3.63, 3.8) is 0 Å². The fourth-order valence-corrected chi connectivity index (χ4v) is 4.38. The van der Waals surface area contributed by atoms with Crippen molar-refractivity contribution in [1.82, 2.24) is 5.16 Å². The Morgan fingerprint density at radius 2 is 1.96 bits per heavy atom. The highest BCUT2D eigenvalue weighted by Crippen LogP contribution is 2.38. The molecule has 26 heavy (non-hydrogen) atoms. The highest BCUT2D eigenvalue weighted by molar-refractivity contribution is 6.39. The van der Waals surface area contributed by atoms with Gasteiger partial charge in [-0.15, -0.1) is 0 Å². The van der Waals surface area contributed by atoms with E-state index in [9.17, 15) is 0 Å². The van der Waals surface area contributed by atoms with Crippen molar-refractivity contribution in [2.24, 2.45) is 5.92 Å². The third kappa shape index (κ3) is 4.44. The van der Waals surface area contributed by atoms with E-state index in [1.54, 1.807) is 0 Å². The second-order valence-corrected chi connectivity index (χ2v) is 7.97. The molecule has 3 nitrogen and oxygen atoms in total. The lowest BCUT2D eigenvalue weighted by Crippen LogP contribution is -2.22. The van der Waals surface area contributed by atoms with E-state index in [0.717, 1.165) is 48.5 Å². The highest BCUT2D eigenvalue weighted by atomic mass is 35.5. The van der Waals surface area contributed by atoms with E-state index in [4.69, 9.17) is 32.5 Å². The molecule has 0 saturated heterocycles. The first-order chi connectivity index (χ1) is 12.6. The summed E-state index contributed by atoms with van der Waals surface area (Å²) in [6.45, 7) is 4.89. The number of benzene rings is 1. The molecule has 1 saturated carbocycles. The molecular formula is C21H27Cl2NO2. The third-order valence-electron chi connectivity index (χ3n) is 5.32. The van der Waals surface area contributed by atoms with Gasteiger partial charge in [0.1, 0.15) is 11.5 Å². The van der Waals surface area contributed by atoms with Crippen LogP contribution in [0.4, 0.5) is 0 Å². The average Bonchev–Trinajstić information content (AvgIpc) is 3.03. The SMILES string of the molecule is CCCc1onc(-c2c(Cl)cccc2Cl)c1COC1CCCC(CC)C1. The molecule has 0 radical (unpaired) electrons. The summed E-state index contributed by atoms with van der Waals surface area (Å²) in [6, 6.07) is 5.49. The number of ether oxygens (including phenoxy) is 1. The molecule has 142 valence electrons. The molecule has 0 spiro atoms. The third-order valence-corrected chi connectivity index (χ3v) is 5.95. The molecule has 1 fully saturated rings. The van der Waals surface area contributed by atoms with E-state index in [1.807, 2.05) is 18.2 Å². The van der Waals surface area contributed by atoms with Crippen molar-refractivity contribution in [3.8, 4) is 11.3 Å². The van der Waals surface area contributed by atoms with E-state index >= 15 is 0 Å². The quantitative estimate of drug-likeness (QED) is 0.501. The Bertz CT molecular complexity index is 709. The maximum Gasteiger partial charge on any atom is 0.142 e. The first kappa shape index (κ1) is 19.7. The van der Waals surface area contributed by atoms with Crippen LogP contribution in [0.5, 0.6) is 0 Å². The van der Waals surface area contributed by atoms with Crippen LogP contribution in [-0.2, 0) is 17.8 Å². The van der Waals surface area contributed by atoms with Gasteiger partial charge in [-0.3, -0.25) is 0 Å². The van der Waals surface area contributed by atoms with Crippen molar-refractivity contribution < 1.29 is 9.26 Å². The first-order valence-corrected chi connectivity index (χ1v) is 10.4. The molecule has 2 unspecified atom stereocenters. The second-order valence-electron chi connectivity index (χ2n) is 7.15. The van der Waals surface area contributed by atoms with Gasteiger partial charge in [0.15, 0.2) is 0 Å². The Labute approximate surface area is 166 Å². The van der Waals surface area contributed by atoms with Crippen molar-refractivity contribution in [2.45, 2.75) is 71.5 Å². The zero-order valence-electron chi connectivity index (χ0n) is 15.6. The summed E-state index contributed by atoms with van der Waals surface area (Å²) in [6.07, 6.45) is 8.21. The normalized spacial score (nSPS) is 20.5. The molecule has 0 aliphatic heterocycles. The summed E-state index contributed by atoms with van der Waals surface area (Å²) in [5.74, 6) is 1.66. The zero-order valence-corrected chi connectivity index (χ0v) is 17.1. The molecule has 1 aromatic heterocycles. The Hall–Kier alpha value is -1.03. The molecule has 1 aliphatic carbocycles. The van der Waals surface area contributed by atoms with Crippen LogP contribution in [0.25, 0.3) is 11.3 Å². The standard InChI is InChI=1S/C21H27Cl2NO2/c1-3-7-19-16(13-25-15-9-5-8-14(4-2)12-15)21(24-26-19)20-17(22)10-6-11-18(20)23/h6,10-11,14-15H,3-5,7-9,12-13H2,1-2H3. The average molecular weight is 396 g/mol. The number of aryl methyl sites for hydroxylation is 1. The number of hydrogen-bond donors (Lipinski definition) is 0. The second kappa shape index (κ2) is 9.25. The van der Waals surface area contributed by atoms with E-state index in [0.29, 0.717) is 28.5 Å². The fourth-order valence-electron chi connectivity index (χ4n) is 3.80. The van der Waals surface area contributed by atoms with Crippen LogP contribution >= 0.6 is 23.2 Å². The molecular weight excluding hydrogens is 369 g/mol. The summed E-state index contributed by atoms with van der Waals surface area (Å²) in [4.78, 5) is 0. The van der Waals surface area contributed by atoms with E-state index in [2.05, 4.69) is 19.0 Å². The van der Waals surface area contributed by atoms with Gasteiger partial charge in [-0.1, -0.05) is 67.5 Å². The number of aromatic nitrogens is 1. The van der Waals surface area contributed by atoms with Gasteiger partial charge < -0.3 is 9.26 Å². The highest BCUT2D eigenvalue weighted by Gasteiger charge is 2.25. The molecule has 0 amide bonds. The molecule has 3 rings (SSSR count). The summed E-state index contributed by atoms with van der Waals surface area (Å²) in [5, 5.41) is 5.46. The molecule has 5 heteroatoms. The molecule has 2 aromatic rings. The van der Waals surface area contributed by atoms with Gasteiger partial charge in [0, 0.05) is 17.5 Å². The van der Waals surface area contributed by atoms with Crippen molar-refractivity contribution in [1.29, 1.82) is 0 Å². The van der Waals surface area contributed by atoms with Gasteiger partial charge in [0.25, 0.3) is 0 Å². The smallest absolute Gasteiger partial charge is 0.142 e. The Kier molecular flexibility index (Phi) is 7.02. The molecule has 0 N–H and O–H groups in total. The first-order valence-electron chi connectivity index (χ1n) is 9.67. The minimum Gasteiger partial charge on any atom is -0.373 e. The van der Waals surface area contributed by atoms with E-state index < -0.39 is 0 Å². The van der Waals surface area contributed by atoms with E-state index in [1.165, 1.54) is 19.3 Å². The van der Waals surface area contributed by atoms with Crippen LogP contribution in [0.3, 0.4) is 0 Å². The summed E-state index contributed by atoms with van der Waals surface area (Å²) < 4.78 is 11.9. The number of hydrogen-bond acceptors (Lipinski definition) is 3. The maximum atomic E-state index is 6.40. The van der Waals surface area contributed by atoms with Crippen LogP contribution in [0.2, 0.25) is 10.0 Å². The lowest BCUT2D eigenvalue weighted by Gasteiger charge is -2.28. The van der Waals surface area contributed by atoms with Crippen molar-refractivity contribution in [3.05, 3.63) is 39.6 Å². The van der Waals surface area contributed by atoms with Crippen LogP contribution in [0.15, 0.2) is 22.7 Å². The van der Waals surface area contributed by atoms with Crippen molar-refractivity contribution in [2.75, 3.05) is 0 Å². The summed E-state index contributed by atoms with van der Waals surface area (Å²) in [7, 11) is 0.